The van der Waals surface area contributed by atoms with E-state index in [-0.39, 0.29) is 0 Å². The summed E-state index contributed by atoms with van der Waals surface area (Å²) in [7, 11) is 0. The molecule has 0 aliphatic heterocycles. The molecule has 17 heavy (non-hydrogen) atoms. The van der Waals surface area contributed by atoms with Crippen molar-refractivity contribution in [2.75, 3.05) is 5.73 Å². The summed E-state index contributed by atoms with van der Waals surface area (Å²) in [6.07, 6.45) is 0. The van der Waals surface area contributed by atoms with Crippen molar-refractivity contribution in [1.82, 2.24) is 9.78 Å². The highest BCUT2D eigenvalue weighted by atomic mass is 16.5. The zero-order chi connectivity index (χ0) is 12.3. The third kappa shape index (κ3) is 2.78. The standard InChI is InChI=1S/C13H17N3O/c1-3-16-11(8-13(14)15-16)9-17-12-6-4-10(2)5-7-12/h4-8H,3,9H2,1-2H3,(H2,14,15). The van der Waals surface area contributed by atoms with Crippen LogP contribution in [-0.2, 0) is 13.2 Å². The number of nitrogen functional groups attached to an aromatic ring is 1. The van der Waals surface area contributed by atoms with E-state index in [1.165, 1.54) is 5.56 Å². The van der Waals surface area contributed by atoms with Crippen molar-refractivity contribution < 1.29 is 4.74 Å². The van der Waals surface area contributed by atoms with Gasteiger partial charge in [0.1, 0.15) is 18.2 Å². The number of anilines is 1. The fraction of sp³-hybridized carbons (Fsp3) is 0.308. The number of hydrogen-bond donors (Lipinski definition) is 1. The predicted molar refractivity (Wildman–Crippen MR) is 67.8 cm³/mol. The molecule has 4 heteroatoms. The van der Waals surface area contributed by atoms with Crippen molar-refractivity contribution in [3.8, 4) is 5.75 Å². The Morgan fingerprint density at radius 1 is 1.29 bits per heavy atom. The van der Waals surface area contributed by atoms with E-state index in [2.05, 4.69) is 12.0 Å². The molecule has 1 aromatic carbocycles. The van der Waals surface area contributed by atoms with Gasteiger partial charge >= 0.3 is 0 Å². The molecule has 0 fully saturated rings. The molecule has 0 atom stereocenters. The Bertz CT molecular complexity index is 488. The van der Waals surface area contributed by atoms with Gasteiger partial charge in [0, 0.05) is 12.6 Å². The predicted octanol–water partition coefficient (Wildman–Crippen LogP) is 2.37. The molecule has 0 saturated heterocycles. The molecule has 1 aromatic heterocycles. The second kappa shape index (κ2) is 4.91. The molecule has 0 saturated carbocycles. The Kier molecular flexibility index (Phi) is 3.32. The molecule has 0 spiro atoms. The highest BCUT2D eigenvalue weighted by Gasteiger charge is 2.05. The molecule has 0 aliphatic carbocycles. The number of hydrogen-bond acceptors (Lipinski definition) is 3. The van der Waals surface area contributed by atoms with Crippen LogP contribution in [0.5, 0.6) is 5.75 Å². The minimum atomic E-state index is 0.487. The molecule has 2 N–H and O–H groups in total. The van der Waals surface area contributed by atoms with Crippen LogP contribution in [0.25, 0.3) is 0 Å². The van der Waals surface area contributed by atoms with Gasteiger partial charge < -0.3 is 10.5 Å². The van der Waals surface area contributed by atoms with Gasteiger partial charge in [-0.1, -0.05) is 17.7 Å². The zero-order valence-electron chi connectivity index (χ0n) is 10.2. The van der Waals surface area contributed by atoms with Crippen molar-refractivity contribution in [3.63, 3.8) is 0 Å². The fourth-order valence-electron chi connectivity index (χ4n) is 1.66. The van der Waals surface area contributed by atoms with E-state index in [9.17, 15) is 0 Å². The van der Waals surface area contributed by atoms with Gasteiger partial charge in [-0.25, -0.2) is 0 Å². The molecule has 1 heterocycles. The normalized spacial score (nSPS) is 10.5. The SMILES string of the molecule is CCn1nc(N)cc1COc1ccc(C)cc1. The first-order valence-corrected chi connectivity index (χ1v) is 5.70. The van der Waals surface area contributed by atoms with Gasteiger partial charge in [0.15, 0.2) is 0 Å². The minimum absolute atomic E-state index is 0.487. The lowest BCUT2D eigenvalue weighted by atomic mass is 10.2. The quantitative estimate of drug-likeness (QED) is 0.878. The Hall–Kier alpha value is -1.97. The van der Waals surface area contributed by atoms with Gasteiger partial charge in [-0.05, 0) is 26.0 Å². The molecule has 0 unspecified atom stereocenters. The van der Waals surface area contributed by atoms with E-state index in [0.29, 0.717) is 12.4 Å². The van der Waals surface area contributed by atoms with Crippen LogP contribution in [0.2, 0.25) is 0 Å². The molecule has 4 nitrogen and oxygen atoms in total. The highest BCUT2D eigenvalue weighted by molar-refractivity contribution is 5.30. The van der Waals surface area contributed by atoms with Gasteiger partial charge in [0.25, 0.3) is 0 Å². The van der Waals surface area contributed by atoms with E-state index in [1.807, 2.05) is 41.9 Å². The van der Waals surface area contributed by atoms with Crippen molar-refractivity contribution in [1.29, 1.82) is 0 Å². The van der Waals surface area contributed by atoms with E-state index < -0.39 is 0 Å². The Morgan fingerprint density at radius 3 is 2.65 bits per heavy atom. The van der Waals surface area contributed by atoms with E-state index in [1.54, 1.807) is 0 Å². The number of aromatic nitrogens is 2. The molecule has 0 bridgehead atoms. The summed E-state index contributed by atoms with van der Waals surface area (Å²) in [5.74, 6) is 1.40. The van der Waals surface area contributed by atoms with E-state index >= 15 is 0 Å². The van der Waals surface area contributed by atoms with Crippen LogP contribution >= 0.6 is 0 Å². The number of ether oxygens (including phenoxy) is 1. The smallest absolute Gasteiger partial charge is 0.145 e. The molecular weight excluding hydrogens is 214 g/mol. The van der Waals surface area contributed by atoms with E-state index in [0.717, 1.165) is 18.0 Å². The maximum absolute atomic E-state index is 5.69. The van der Waals surface area contributed by atoms with Crippen molar-refractivity contribution >= 4 is 5.82 Å². The van der Waals surface area contributed by atoms with Crippen LogP contribution in [0, 0.1) is 6.92 Å². The molecule has 90 valence electrons. The van der Waals surface area contributed by atoms with Crippen molar-refractivity contribution in [3.05, 3.63) is 41.6 Å². The van der Waals surface area contributed by atoms with Crippen LogP contribution in [-0.4, -0.2) is 9.78 Å². The zero-order valence-corrected chi connectivity index (χ0v) is 10.2. The molecule has 0 amide bonds. The van der Waals surface area contributed by atoms with Crippen LogP contribution in [0.15, 0.2) is 30.3 Å². The summed E-state index contributed by atoms with van der Waals surface area (Å²) in [4.78, 5) is 0. The van der Waals surface area contributed by atoms with Crippen LogP contribution < -0.4 is 10.5 Å². The highest BCUT2D eigenvalue weighted by Crippen LogP contribution is 2.14. The minimum Gasteiger partial charge on any atom is -0.487 e. The summed E-state index contributed by atoms with van der Waals surface area (Å²) < 4.78 is 7.54. The molecule has 0 radical (unpaired) electrons. The largest absolute Gasteiger partial charge is 0.487 e. The van der Waals surface area contributed by atoms with Gasteiger partial charge in [-0.15, -0.1) is 0 Å². The second-order valence-corrected chi connectivity index (χ2v) is 3.98. The third-order valence-corrected chi connectivity index (χ3v) is 2.59. The first kappa shape index (κ1) is 11.5. The molecular formula is C13H17N3O. The summed E-state index contributed by atoms with van der Waals surface area (Å²) in [5, 5.41) is 4.17. The first-order chi connectivity index (χ1) is 8.19. The van der Waals surface area contributed by atoms with Gasteiger partial charge in [0.2, 0.25) is 0 Å². The Balaban J connectivity index is 2.04. The van der Waals surface area contributed by atoms with E-state index in [4.69, 9.17) is 10.5 Å². The van der Waals surface area contributed by atoms with Crippen LogP contribution in [0.3, 0.4) is 0 Å². The summed E-state index contributed by atoms with van der Waals surface area (Å²) in [6.45, 7) is 5.36. The molecule has 0 aliphatic rings. The summed E-state index contributed by atoms with van der Waals surface area (Å²) in [5.41, 5.74) is 7.87. The third-order valence-electron chi connectivity index (χ3n) is 2.59. The lowest BCUT2D eigenvalue weighted by Crippen LogP contribution is -2.06. The topological polar surface area (TPSA) is 53.1 Å². The maximum Gasteiger partial charge on any atom is 0.145 e. The van der Waals surface area contributed by atoms with Gasteiger partial charge in [-0.2, -0.15) is 5.10 Å². The van der Waals surface area contributed by atoms with Gasteiger partial charge in [-0.3, -0.25) is 4.68 Å². The Morgan fingerprint density at radius 2 is 2.00 bits per heavy atom. The van der Waals surface area contributed by atoms with Gasteiger partial charge in [0.05, 0.1) is 5.69 Å². The molecule has 2 aromatic rings. The maximum atomic E-state index is 5.69. The number of nitrogens with two attached hydrogens (primary N) is 1. The van der Waals surface area contributed by atoms with Crippen molar-refractivity contribution in [2.24, 2.45) is 0 Å². The second-order valence-electron chi connectivity index (χ2n) is 3.98. The number of benzene rings is 1. The Labute approximate surface area is 101 Å². The lowest BCUT2D eigenvalue weighted by molar-refractivity contribution is 0.292. The summed E-state index contributed by atoms with van der Waals surface area (Å²) >= 11 is 0. The van der Waals surface area contributed by atoms with Crippen LogP contribution in [0.1, 0.15) is 18.2 Å². The monoisotopic (exact) mass is 231 g/mol. The fourth-order valence-corrected chi connectivity index (χ4v) is 1.66. The average molecular weight is 231 g/mol. The molecule has 2 rings (SSSR count). The first-order valence-electron chi connectivity index (χ1n) is 5.70. The average Bonchev–Trinajstić information content (AvgIpc) is 2.69. The van der Waals surface area contributed by atoms with Crippen LogP contribution in [0.4, 0.5) is 5.82 Å². The van der Waals surface area contributed by atoms with Crippen molar-refractivity contribution in [2.45, 2.75) is 27.0 Å². The number of rotatable bonds is 4. The number of aryl methyl sites for hydroxylation is 2. The number of nitrogens with zero attached hydrogens (tertiary/aromatic N) is 2. The summed E-state index contributed by atoms with van der Waals surface area (Å²) in [6, 6.07) is 9.83. The lowest BCUT2D eigenvalue weighted by Gasteiger charge is -2.07.